The average molecular weight is 373 g/mol. The smallest absolute Gasteiger partial charge is 0.293 e. The molecule has 1 aliphatic rings. The molecule has 1 aliphatic carbocycles. The summed E-state index contributed by atoms with van der Waals surface area (Å²) in [4.78, 5) is 38.0. The van der Waals surface area contributed by atoms with Crippen molar-refractivity contribution in [3.05, 3.63) is 89.2 Å². The Morgan fingerprint density at radius 2 is 1.57 bits per heavy atom. The minimum absolute atomic E-state index is 0.0544. The highest BCUT2D eigenvalue weighted by Crippen LogP contribution is 2.29. The molecule has 2 N–H and O–H groups in total. The van der Waals surface area contributed by atoms with Crippen molar-refractivity contribution < 1.29 is 24.1 Å². The zero-order valence-corrected chi connectivity index (χ0v) is 15.0. The quantitative estimate of drug-likeness (QED) is 0.541. The van der Waals surface area contributed by atoms with E-state index in [1.165, 1.54) is 18.3 Å². The third kappa shape index (κ3) is 2.95. The Hall–Kier alpha value is -3.80. The van der Waals surface area contributed by atoms with E-state index in [4.69, 9.17) is 0 Å². The van der Waals surface area contributed by atoms with Crippen molar-refractivity contribution in [2.24, 2.45) is 0 Å². The summed E-state index contributed by atoms with van der Waals surface area (Å²) in [7, 11) is 0. The summed E-state index contributed by atoms with van der Waals surface area (Å²) in [5.41, 5.74) is 1.80. The molecule has 0 radical (unpaired) electrons. The van der Waals surface area contributed by atoms with Crippen molar-refractivity contribution >= 4 is 23.2 Å². The molecule has 6 nitrogen and oxygen atoms in total. The number of carbonyl (C=O) groups is 3. The van der Waals surface area contributed by atoms with Gasteiger partial charge in [-0.15, -0.1) is 0 Å². The number of pyridine rings is 1. The van der Waals surface area contributed by atoms with Crippen LogP contribution in [-0.2, 0) is 4.79 Å². The minimum Gasteiger partial charge on any atom is -0.503 e. The Morgan fingerprint density at radius 1 is 0.929 bits per heavy atom. The lowest BCUT2D eigenvalue weighted by Crippen LogP contribution is -2.43. The van der Waals surface area contributed by atoms with E-state index in [0.717, 1.165) is 0 Å². The predicted molar refractivity (Wildman–Crippen MR) is 101 cm³/mol. The number of aromatic hydroxyl groups is 1. The second-order valence-electron chi connectivity index (χ2n) is 6.64. The third-order valence-electron chi connectivity index (χ3n) is 4.83. The Balaban J connectivity index is 1.62. The summed E-state index contributed by atoms with van der Waals surface area (Å²) in [6.45, 7) is 1.69. The molecule has 3 aromatic rings. The van der Waals surface area contributed by atoms with Gasteiger partial charge in [0, 0.05) is 40.9 Å². The zero-order valence-electron chi connectivity index (χ0n) is 15.0. The van der Waals surface area contributed by atoms with E-state index in [1.807, 2.05) is 0 Å². The number of fused-ring (bicyclic) bond motifs is 2. The Labute approximate surface area is 161 Å². The number of aromatic nitrogens is 1. The lowest BCUT2D eigenvalue weighted by molar-refractivity contribution is -0.705. The number of hydrogen-bond acceptors (Lipinski definition) is 4. The molecular weight excluding hydrogens is 356 g/mol. The number of ketones is 2. The van der Waals surface area contributed by atoms with Crippen LogP contribution in [-0.4, -0.2) is 22.6 Å². The summed E-state index contributed by atoms with van der Waals surface area (Å²) in [5, 5.41) is 12.3. The second-order valence-corrected chi connectivity index (χ2v) is 6.64. The van der Waals surface area contributed by atoms with Gasteiger partial charge >= 0.3 is 0 Å². The Morgan fingerprint density at radius 3 is 2.25 bits per heavy atom. The lowest BCUT2D eigenvalue weighted by Gasteiger charge is -2.18. The average Bonchev–Trinajstić information content (AvgIpc) is 2.71. The summed E-state index contributed by atoms with van der Waals surface area (Å²) >= 11 is 0. The lowest BCUT2D eigenvalue weighted by atomic mass is 9.84. The normalized spacial score (nSPS) is 13.5. The van der Waals surface area contributed by atoms with Crippen molar-refractivity contribution in [3.63, 3.8) is 0 Å². The van der Waals surface area contributed by atoms with Gasteiger partial charge in [-0.1, -0.05) is 24.3 Å². The van der Waals surface area contributed by atoms with Gasteiger partial charge in [-0.05, 0) is 24.3 Å². The minimum atomic E-state index is -0.582. The Kier molecular flexibility index (Phi) is 4.24. The van der Waals surface area contributed by atoms with Gasteiger partial charge in [0.25, 0.3) is 5.91 Å². The number of rotatable bonds is 3. The van der Waals surface area contributed by atoms with Crippen LogP contribution < -0.4 is 9.88 Å². The molecule has 6 heteroatoms. The molecule has 28 heavy (non-hydrogen) atoms. The maximum atomic E-state index is 12.8. The van der Waals surface area contributed by atoms with Crippen LogP contribution in [0.2, 0.25) is 0 Å². The molecule has 0 saturated carbocycles. The van der Waals surface area contributed by atoms with E-state index in [9.17, 15) is 19.5 Å². The predicted octanol–water partition coefficient (Wildman–Crippen LogP) is 2.65. The van der Waals surface area contributed by atoms with Crippen LogP contribution in [0.25, 0.3) is 0 Å². The molecular formula is C22H17N2O4+. The van der Waals surface area contributed by atoms with Crippen LogP contribution in [0.5, 0.6) is 5.75 Å². The van der Waals surface area contributed by atoms with Crippen LogP contribution in [0.4, 0.5) is 5.69 Å². The fourth-order valence-electron chi connectivity index (χ4n) is 3.28. The van der Waals surface area contributed by atoms with E-state index in [-0.39, 0.29) is 28.8 Å². The highest BCUT2D eigenvalue weighted by Gasteiger charge is 2.30. The first-order chi connectivity index (χ1) is 13.5. The molecule has 4 rings (SSSR count). The molecule has 138 valence electrons. The number of nitrogens with one attached hydrogen (secondary N) is 1. The highest BCUT2D eigenvalue weighted by molar-refractivity contribution is 6.28. The van der Waals surface area contributed by atoms with E-state index < -0.39 is 6.04 Å². The molecule has 1 atom stereocenters. The molecule has 0 saturated heterocycles. The molecule has 2 aromatic carbocycles. The number of amides is 1. The molecule has 0 aliphatic heterocycles. The SMILES string of the molecule is C[C@H](C(=O)Nc1ccc2c(c1)C(=O)c1ccccc1C2=O)[n+]1cccc(O)c1. The van der Waals surface area contributed by atoms with Gasteiger partial charge in [-0.25, -0.2) is 0 Å². The first-order valence-electron chi connectivity index (χ1n) is 8.79. The summed E-state index contributed by atoms with van der Waals surface area (Å²) in [5.74, 6) is -0.701. The van der Waals surface area contributed by atoms with E-state index in [1.54, 1.807) is 60.2 Å². The number of carbonyl (C=O) groups excluding carboxylic acids is 3. The molecule has 1 aromatic heterocycles. The van der Waals surface area contributed by atoms with Crippen molar-refractivity contribution in [1.29, 1.82) is 0 Å². The first kappa shape index (κ1) is 17.6. The highest BCUT2D eigenvalue weighted by atomic mass is 16.3. The molecule has 1 heterocycles. The van der Waals surface area contributed by atoms with Crippen molar-refractivity contribution in [2.45, 2.75) is 13.0 Å². The third-order valence-corrected chi connectivity index (χ3v) is 4.83. The number of nitrogens with zero attached hydrogens (tertiary/aromatic N) is 1. The molecule has 0 unspecified atom stereocenters. The van der Waals surface area contributed by atoms with E-state index in [2.05, 4.69) is 5.32 Å². The first-order valence-corrected chi connectivity index (χ1v) is 8.79. The fourth-order valence-corrected chi connectivity index (χ4v) is 3.28. The monoisotopic (exact) mass is 373 g/mol. The summed E-state index contributed by atoms with van der Waals surface area (Å²) in [6, 6.07) is 14.0. The van der Waals surface area contributed by atoms with Gasteiger partial charge in [0.2, 0.25) is 12.2 Å². The largest absolute Gasteiger partial charge is 0.503 e. The topological polar surface area (TPSA) is 87.4 Å². The van der Waals surface area contributed by atoms with Crippen LogP contribution in [0.3, 0.4) is 0 Å². The fraction of sp³-hybridized carbons (Fsp3) is 0.0909. The number of hydrogen-bond donors (Lipinski definition) is 2. The maximum absolute atomic E-state index is 12.8. The number of anilines is 1. The standard InChI is InChI=1S/C22H16N2O4/c1-13(24-10-4-5-15(25)12-24)22(28)23-14-8-9-18-19(11-14)21(27)17-7-3-2-6-16(17)20(18)26/h2-13H,1H3,(H-,23,25,26,28)/p+1/t13-/m1/s1. The molecule has 0 spiro atoms. The van der Waals surface area contributed by atoms with Crippen molar-refractivity contribution in [2.75, 3.05) is 5.32 Å². The van der Waals surface area contributed by atoms with Gasteiger partial charge in [0.1, 0.15) is 0 Å². The van der Waals surface area contributed by atoms with Gasteiger partial charge in [-0.3, -0.25) is 14.4 Å². The number of benzene rings is 2. The van der Waals surface area contributed by atoms with Gasteiger partial charge in [-0.2, -0.15) is 4.57 Å². The summed E-state index contributed by atoms with van der Waals surface area (Å²) in [6.07, 6.45) is 3.13. The van der Waals surface area contributed by atoms with E-state index >= 15 is 0 Å². The zero-order chi connectivity index (χ0) is 19.8. The van der Waals surface area contributed by atoms with Crippen LogP contribution in [0, 0.1) is 0 Å². The van der Waals surface area contributed by atoms with Crippen LogP contribution in [0.15, 0.2) is 67.0 Å². The van der Waals surface area contributed by atoms with Gasteiger partial charge in [0.15, 0.2) is 23.5 Å². The van der Waals surface area contributed by atoms with Crippen LogP contribution in [0.1, 0.15) is 44.8 Å². The van der Waals surface area contributed by atoms with E-state index in [0.29, 0.717) is 22.4 Å². The second kappa shape index (κ2) is 6.74. The molecule has 0 fully saturated rings. The van der Waals surface area contributed by atoms with Gasteiger partial charge < -0.3 is 10.4 Å². The van der Waals surface area contributed by atoms with Crippen LogP contribution >= 0.6 is 0 Å². The molecule has 1 amide bonds. The molecule has 0 bridgehead atoms. The van der Waals surface area contributed by atoms with Crippen molar-refractivity contribution in [3.8, 4) is 5.75 Å². The maximum Gasteiger partial charge on any atom is 0.293 e. The Bertz CT molecular complexity index is 1140. The van der Waals surface area contributed by atoms with Gasteiger partial charge in [0.05, 0.1) is 0 Å². The van der Waals surface area contributed by atoms with Crippen molar-refractivity contribution in [1.82, 2.24) is 0 Å². The summed E-state index contributed by atoms with van der Waals surface area (Å²) < 4.78 is 1.58.